The Kier molecular flexibility index (Phi) is 2.42. The molecular weight excluding hydrogens is 284 g/mol. The zero-order valence-electron chi connectivity index (χ0n) is 11.3. The first kappa shape index (κ1) is 12.6. The zero-order valence-corrected chi connectivity index (χ0v) is 11.3. The van der Waals surface area contributed by atoms with Gasteiger partial charge < -0.3 is 14.9 Å². The number of hydrogen-bond acceptors (Lipinski definition) is 5. The van der Waals surface area contributed by atoms with Gasteiger partial charge in [-0.05, 0) is 23.8 Å². The Balaban J connectivity index is 1.94. The number of aromatic hydroxyl groups is 2. The molecule has 0 fully saturated rings. The van der Waals surface area contributed by atoms with Gasteiger partial charge in [0.15, 0.2) is 11.5 Å². The molecule has 5 nitrogen and oxygen atoms in total. The fourth-order valence-electron chi connectivity index (χ4n) is 2.86. The van der Waals surface area contributed by atoms with Crippen molar-refractivity contribution in [1.82, 2.24) is 0 Å². The van der Waals surface area contributed by atoms with E-state index in [0.717, 1.165) is 5.56 Å². The van der Waals surface area contributed by atoms with Crippen LogP contribution in [0, 0.1) is 0 Å². The first-order valence-electron chi connectivity index (χ1n) is 6.71. The predicted octanol–water partition coefficient (Wildman–Crippen LogP) is 2.37. The number of fused-ring (bicyclic) bond motifs is 2. The molecule has 0 aromatic heterocycles. The molecule has 0 atom stereocenters. The number of carbonyl (C=O) groups is 2. The maximum absolute atomic E-state index is 12.6. The molecule has 1 heterocycles. The van der Waals surface area contributed by atoms with E-state index in [-0.39, 0.29) is 40.4 Å². The number of ketones is 2. The molecule has 1 aliphatic heterocycles. The summed E-state index contributed by atoms with van der Waals surface area (Å²) in [6.45, 7) is 0. The monoisotopic (exact) mass is 294 g/mol. The van der Waals surface area contributed by atoms with E-state index in [1.807, 2.05) is 12.1 Å². The summed E-state index contributed by atoms with van der Waals surface area (Å²) in [5.74, 6) is -1.31. The zero-order chi connectivity index (χ0) is 15.4. The summed E-state index contributed by atoms with van der Waals surface area (Å²) < 4.78 is 5.59. The second-order valence-corrected chi connectivity index (χ2v) is 5.21. The van der Waals surface area contributed by atoms with Crippen molar-refractivity contribution in [2.45, 2.75) is 6.42 Å². The highest BCUT2D eigenvalue weighted by molar-refractivity contribution is 6.28. The molecule has 1 aliphatic carbocycles. The van der Waals surface area contributed by atoms with Crippen LogP contribution < -0.4 is 4.74 Å². The highest BCUT2D eigenvalue weighted by atomic mass is 16.5. The second-order valence-electron chi connectivity index (χ2n) is 5.21. The third-order valence-corrected chi connectivity index (χ3v) is 3.92. The van der Waals surface area contributed by atoms with E-state index in [2.05, 4.69) is 0 Å². The van der Waals surface area contributed by atoms with Crippen molar-refractivity contribution in [1.29, 1.82) is 0 Å². The van der Waals surface area contributed by atoms with Crippen molar-refractivity contribution in [3.8, 4) is 17.2 Å². The number of ether oxygens (including phenoxy) is 1. The Morgan fingerprint density at radius 1 is 0.864 bits per heavy atom. The number of carbonyl (C=O) groups excluding carboxylic acids is 2. The average molecular weight is 294 g/mol. The van der Waals surface area contributed by atoms with Crippen LogP contribution >= 0.6 is 0 Å². The maximum Gasteiger partial charge on any atom is 0.233 e. The highest BCUT2D eigenvalue weighted by Gasteiger charge is 2.40. The van der Waals surface area contributed by atoms with Gasteiger partial charge in [0.05, 0.1) is 16.7 Å². The molecule has 0 saturated heterocycles. The van der Waals surface area contributed by atoms with Gasteiger partial charge in [-0.3, -0.25) is 9.59 Å². The fraction of sp³-hybridized carbons (Fsp3) is 0.0588. The maximum atomic E-state index is 12.6. The first-order chi connectivity index (χ1) is 10.6. The van der Waals surface area contributed by atoms with Crippen LogP contribution in [0.2, 0.25) is 0 Å². The van der Waals surface area contributed by atoms with Gasteiger partial charge in [-0.1, -0.05) is 18.2 Å². The Bertz CT molecular complexity index is 820. The molecule has 0 radical (unpaired) electrons. The first-order valence-corrected chi connectivity index (χ1v) is 6.71. The van der Waals surface area contributed by atoms with Crippen molar-refractivity contribution in [3.05, 3.63) is 64.4 Å². The third kappa shape index (κ3) is 1.53. The Hall–Kier alpha value is -3.08. The van der Waals surface area contributed by atoms with Crippen molar-refractivity contribution in [2.24, 2.45) is 0 Å². The molecule has 2 N–H and O–H groups in total. The highest BCUT2D eigenvalue weighted by Crippen LogP contribution is 2.41. The molecule has 4 rings (SSSR count). The molecule has 0 spiro atoms. The van der Waals surface area contributed by atoms with E-state index in [9.17, 15) is 19.8 Å². The molecule has 0 saturated carbocycles. The summed E-state index contributed by atoms with van der Waals surface area (Å²) in [4.78, 5) is 25.2. The fourth-order valence-corrected chi connectivity index (χ4v) is 2.86. The van der Waals surface area contributed by atoms with E-state index in [4.69, 9.17) is 4.74 Å². The van der Waals surface area contributed by atoms with E-state index >= 15 is 0 Å². The Morgan fingerprint density at radius 3 is 2.23 bits per heavy atom. The van der Waals surface area contributed by atoms with E-state index in [0.29, 0.717) is 5.75 Å². The van der Waals surface area contributed by atoms with Crippen LogP contribution in [-0.4, -0.2) is 21.8 Å². The Labute approximate surface area is 125 Å². The quantitative estimate of drug-likeness (QED) is 0.729. The molecule has 0 bridgehead atoms. The minimum Gasteiger partial charge on any atom is -0.507 e. The van der Waals surface area contributed by atoms with E-state index < -0.39 is 11.6 Å². The van der Waals surface area contributed by atoms with Gasteiger partial charge >= 0.3 is 0 Å². The largest absolute Gasteiger partial charge is 0.507 e. The van der Waals surface area contributed by atoms with Gasteiger partial charge in [0.25, 0.3) is 0 Å². The van der Waals surface area contributed by atoms with E-state index in [1.165, 1.54) is 12.1 Å². The van der Waals surface area contributed by atoms with Gasteiger partial charge in [0.1, 0.15) is 17.2 Å². The number of hydrogen-bond donors (Lipinski definition) is 2. The van der Waals surface area contributed by atoms with Gasteiger partial charge in [-0.2, -0.15) is 0 Å². The normalized spacial score (nSPS) is 15.8. The van der Waals surface area contributed by atoms with Crippen molar-refractivity contribution in [3.63, 3.8) is 0 Å². The lowest BCUT2D eigenvalue weighted by Crippen LogP contribution is -2.28. The lowest BCUT2D eigenvalue weighted by molar-refractivity contribution is 0.0925. The van der Waals surface area contributed by atoms with Crippen LogP contribution in [0.3, 0.4) is 0 Å². The molecule has 22 heavy (non-hydrogen) atoms. The summed E-state index contributed by atoms with van der Waals surface area (Å²) in [6, 6.07) is 9.50. The van der Waals surface area contributed by atoms with Crippen LogP contribution in [-0.2, 0) is 6.42 Å². The van der Waals surface area contributed by atoms with Crippen molar-refractivity contribution in [2.75, 3.05) is 0 Å². The molecule has 0 amide bonds. The lowest BCUT2D eigenvalue weighted by Gasteiger charge is -2.26. The number of phenols is 2. The number of phenolic OH excluding ortho intramolecular Hbond substituents is 2. The van der Waals surface area contributed by atoms with E-state index in [1.54, 1.807) is 12.1 Å². The van der Waals surface area contributed by atoms with Crippen molar-refractivity contribution >= 4 is 11.6 Å². The minimum atomic E-state index is -0.590. The molecule has 2 aliphatic rings. The second kappa shape index (κ2) is 4.21. The Morgan fingerprint density at radius 2 is 1.50 bits per heavy atom. The number of allylic oxidation sites excluding steroid dienone is 2. The standard InChI is InChI=1S/C17H10O5/c18-10-5-6-11(19)14-13(10)15(20)9-7-8-3-1-2-4-12(8)22-17(9)16(14)21/h1-6,18-19H,7H2. The van der Waals surface area contributed by atoms with Crippen LogP contribution in [0.5, 0.6) is 17.2 Å². The number of para-hydroxylation sites is 1. The number of rotatable bonds is 0. The molecule has 108 valence electrons. The van der Waals surface area contributed by atoms with Crippen LogP contribution in [0.15, 0.2) is 47.7 Å². The number of benzene rings is 2. The van der Waals surface area contributed by atoms with Gasteiger partial charge in [-0.25, -0.2) is 0 Å². The van der Waals surface area contributed by atoms with Crippen LogP contribution in [0.4, 0.5) is 0 Å². The summed E-state index contributed by atoms with van der Waals surface area (Å²) >= 11 is 0. The molecule has 0 unspecified atom stereocenters. The SMILES string of the molecule is O=C1C2=C(Oc3ccccc3C2)C(=O)c2c(O)ccc(O)c21. The van der Waals surface area contributed by atoms with Gasteiger partial charge in [-0.15, -0.1) is 0 Å². The summed E-state index contributed by atoms with van der Waals surface area (Å²) in [5, 5.41) is 19.8. The summed E-state index contributed by atoms with van der Waals surface area (Å²) in [6.07, 6.45) is 0.255. The number of Topliss-reactive ketones (excluding diaryl/α,β-unsaturated/α-hetero) is 2. The smallest absolute Gasteiger partial charge is 0.233 e. The molecule has 2 aromatic carbocycles. The summed E-state index contributed by atoms with van der Waals surface area (Å²) in [5.41, 5.74) is 0.637. The third-order valence-electron chi connectivity index (χ3n) is 3.92. The van der Waals surface area contributed by atoms with Crippen LogP contribution in [0.25, 0.3) is 0 Å². The average Bonchev–Trinajstić information content (AvgIpc) is 2.53. The lowest BCUT2D eigenvalue weighted by atomic mass is 9.83. The predicted molar refractivity (Wildman–Crippen MR) is 76.2 cm³/mol. The van der Waals surface area contributed by atoms with Crippen molar-refractivity contribution < 1.29 is 24.5 Å². The van der Waals surface area contributed by atoms with Gasteiger partial charge in [0.2, 0.25) is 5.78 Å². The van der Waals surface area contributed by atoms with Gasteiger partial charge in [0, 0.05) is 6.42 Å². The van der Waals surface area contributed by atoms with Crippen LogP contribution in [0.1, 0.15) is 26.3 Å². The molecule has 5 heteroatoms. The topological polar surface area (TPSA) is 83.8 Å². The summed E-state index contributed by atoms with van der Waals surface area (Å²) in [7, 11) is 0. The molecule has 2 aromatic rings. The minimum absolute atomic E-state index is 0.0721. The molecular formula is C17H10O5.